The van der Waals surface area contributed by atoms with Gasteiger partial charge >= 0.3 is 11.1 Å². The molecule has 0 atom stereocenters. The first kappa shape index (κ1) is 18.1. The number of furan rings is 2. The smallest absolute Gasteiger partial charge is 0.316 e. The Balaban J connectivity index is 1.93. The first-order chi connectivity index (χ1) is 14.6. The van der Waals surface area contributed by atoms with E-state index in [1.54, 1.807) is 48.9 Å². The molecule has 4 aromatic heterocycles. The highest BCUT2D eigenvalue weighted by molar-refractivity contribution is 5.93. The molecule has 0 amide bonds. The Morgan fingerprint density at radius 2 is 1.20 bits per heavy atom. The number of fused-ring (bicyclic) bond motifs is 2. The van der Waals surface area contributed by atoms with Crippen molar-refractivity contribution in [2.75, 3.05) is 0 Å². The van der Waals surface area contributed by atoms with E-state index in [-0.39, 0.29) is 0 Å². The van der Waals surface area contributed by atoms with E-state index >= 15 is 0 Å². The van der Waals surface area contributed by atoms with Gasteiger partial charge in [-0.15, -0.1) is 0 Å². The van der Waals surface area contributed by atoms with Crippen molar-refractivity contribution in [3.05, 3.63) is 69.6 Å². The normalized spacial score (nSPS) is 11.5. The quantitative estimate of drug-likeness (QED) is 0.336. The van der Waals surface area contributed by atoms with Gasteiger partial charge in [0.2, 0.25) is 0 Å². The average molecular weight is 402 g/mol. The average Bonchev–Trinajstić information content (AvgIpc) is 3.47. The predicted molar refractivity (Wildman–Crippen MR) is 112 cm³/mol. The number of hydrogen-bond donors (Lipinski definition) is 0. The second-order valence-corrected chi connectivity index (χ2v) is 6.80. The van der Waals surface area contributed by atoms with Crippen LogP contribution in [0.1, 0.15) is 13.8 Å². The van der Waals surface area contributed by atoms with Gasteiger partial charge in [0.15, 0.2) is 11.5 Å². The van der Waals surface area contributed by atoms with Crippen molar-refractivity contribution in [3.8, 4) is 22.9 Å². The second-order valence-electron chi connectivity index (χ2n) is 6.80. The topological polar surface area (TPSA) is 96.1 Å². The van der Waals surface area contributed by atoms with Crippen molar-refractivity contribution in [2.45, 2.75) is 26.9 Å². The fraction of sp³-hybridized carbons (Fsp3) is 0.182. The maximum atomic E-state index is 12.6. The molecule has 30 heavy (non-hydrogen) atoms. The van der Waals surface area contributed by atoms with Gasteiger partial charge in [-0.3, -0.25) is 9.59 Å². The first-order valence-electron chi connectivity index (χ1n) is 9.69. The summed E-state index contributed by atoms with van der Waals surface area (Å²) < 4.78 is 14.1. The van der Waals surface area contributed by atoms with Gasteiger partial charge in [-0.1, -0.05) is 0 Å². The van der Waals surface area contributed by atoms with Crippen LogP contribution in [0, 0.1) is 0 Å². The van der Waals surface area contributed by atoms with Gasteiger partial charge in [-0.25, -0.2) is 9.97 Å². The van der Waals surface area contributed by atoms with Gasteiger partial charge in [0, 0.05) is 13.1 Å². The molecule has 1 aromatic carbocycles. The van der Waals surface area contributed by atoms with E-state index < -0.39 is 11.1 Å². The first-order valence-corrected chi connectivity index (χ1v) is 9.69. The maximum Gasteiger partial charge on any atom is 0.316 e. The van der Waals surface area contributed by atoms with Gasteiger partial charge in [-0.05, 0) is 50.2 Å². The molecule has 5 rings (SSSR count). The van der Waals surface area contributed by atoms with Crippen molar-refractivity contribution in [2.24, 2.45) is 0 Å². The minimum Gasteiger partial charge on any atom is -0.463 e. The molecule has 0 aliphatic carbocycles. The van der Waals surface area contributed by atoms with Crippen LogP contribution in [0.15, 0.2) is 67.3 Å². The van der Waals surface area contributed by atoms with Crippen LogP contribution in [0.3, 0.4) is 0 Å². The summed E-state index contributed by atoms with van der Waals surface area (Å²) in [6, 6.07) is 10.8. The van der Waals surface area contributed by atoms with E-state index in [0.29, 0.717) is 58.1 Å². The molecule has 0 saturated heterocycles. The van der Waals surface area contributed by atoms with Crippen molar-refractivity contribution in [1.82, 2.24) is 19.1 Å². The molecule has 8 heteroatoms. The van der Waals surface area contributed by atoms with Gasteiger partial charge in [0.25, 0.3) is 0 Å². The van der Waals surface area contributed by atoms with Gasteiger partial charge < -0.3 is 18.0 Å². The molecule has 0 aliphatic rings. The van der Waals surface area contributed by atoms with E-state index in [2.05, 4.69) is 0 Å². The summed E-state index contributed by atoms with van der Waals surface area (Å²) in [6.45, 7) is 4.43. The van der Waals surface area contributed by atoms with E-state index in [0.717, 1.165) is 0 Å². The molecule has 4 heterocycles. The van der Waals surface area contributed by atoms with Gasteiger partial charge in [-0.2, -0.15) is 0 Å². The molecule has 0 N–H and O–H groups in total. The number of hydrogen-bond acceptors (Lipinski definition) is 6. The van der Waals surface area contributed by atoms with Crippen LogP contribution in [-0.2, 0) is 13.1 Å². The van der Waals surface area contributed by atoms with Gasteiger partial charge in [0.1, 0.15) is 11.4 Å². The van der Waals surface area contributed by atoms with Crippen molar-refractivity contribution in [1.29, 1.82) is 0 Å². The molecule has 0 unspecified atom stereocenters. The lowest BCUT2D eigenvalue weighted by molar-refractivity contribution is 0.572. The van der Waals surface area contributed by atoms with Crippen LogP contribution in [-0.4, -0.2) is 19.1 Å². The molecule has 0 fully saturated rings. The van der Waals surface area contributed by atoms with Crippen LogP contribution in [0.5, 0.6) is 0 Å². The Morgan fingerprint density at radius 3 is 1.53 bits per heavy atom. The summed E-state index contributed by atoms with van der Waals surface area (Å²) in [7, 11) is 0. The molecule has 0 bridgehead atoms. The van der Waals surface area contributed by atoms with Crippen molar-refractivity contribution in [3.63, 3.8) is 0 Å². The highest BCUT2D eigenvalue weighted by atomic mass is 16.3. The number of rotatable bonds is 4. The van der Waals surface area contributed by atoms with Gasteiger partial charge in [0.05, 0.1) is 34.6 Å². The Labute approximate surface area is 170 Å². The fourth-order valence-corrected chi connectivity index (χ4v) is 3.76. The minimum atomic E-state index is -0.544. The molecule has 8 nitrogen and oxygen atoms in total. The predicted octanol–water partition coefficient (Wildman–Crippen LogP) is 3.67. The van der Waals surface area contributed by atoms with Crippen molar-refractivity contribution >= 4 is 22.1 Å². The number of nitrogens with zero attached hydrogens (tertiary/aromatic N) is 4. The Hall–Kier alpha value is -3.94. The zero-order chi connectivity index (χ0) is 20.8. The molecule has 0 spiro atoms. The molecule has 5 aromatic rings. The summed E-state index contributed by atoms with van der Waals surface area (Å²) >= 11 is 0. The summed E-state index contributed by atoms with van der Waals surface area (Å²) in [4.78, 5) is 34.7. The molecular formula is C22H18N4O4. The summed E-state index contributed by atoms with van der Waals surface area (Å²) in [6.07, 6.45) is 3.14. The van der Waals surface area contributed by atoms with E-state index in [1.807, 2.05) is 13.8 Å². The van der Waals surface area contributed by atoms with Crippen LogP contribution in [0.25, 0.3) is 45.0 Å². The zero-order valence-electron chi connectivity index (χ0n) is 16.5. The highest BCUT2D eigenvalue weighted by Gasteiger charge is 2.19. The monoisotopic (exact) mass is 402 g/mol. The van der Waals surface area contributed by atoms with Crippen LogP contribution in [0.4, 0.5) is 0 Å². The third kappa shape index (κ3) is 2.61. The van der Waals surface area contributed by atoms with E-state index in [9.17, 15) is 9.59 Å². The third-order valence-electron chi connectivity index (χ3n) is 5.16. The second kappa shape index (κ2) is 6.84. The summed E-state index contributed by atoms with van der Waals surface area (Å²) in [5.74, 6) is 1.12. The lowest BCUT2D eigenvalue weighted by atomic mass is 10.1. The minimum absolute atomic E-state index is 0.379. The van der Waals surface area contributed by atoms with E-state index in [1.165, 1.54) is 9.13 Å². The highest BCUT2D eigenvalue weighted by Crippen LogP contribution is 2.32. The molecule has 0 radical (unpaired) electrons. The Kier molecular flexibility index (Phi) is 4.13. The lowest BCUT2D eigenvalue weighted by Gasteiger charge is -2.14. The van der Waals surface area contributed by atoms with Crippen LogP contribution < -0.4 is 11.1 Å². The largest absolute Gasteiger partial charge is 0.463 e. The summed E-state index contributed by atoms with van der Waals surface area (Å²) in [5, 5.41) is 0. The SMILES string of the molecule is CCn1c(=O)c(=O)n(CC)c2cc3nc(-c4ccco4)c(-c4ccco4)nc3cc21. The Bertz CT molecular complexity index is 1380. The number of benzene rings is 1. The third-order valence-corrected chi connectivity index (χ3v) is 5.16. The van der Waals surface area contributed by atoms with Crippen LogP contribution in [0.2, 0.25) is 0 Å². The maximum absolute atomic E-state index is 12.6. The number of aromatic nitrogens is 4. The molecule has 0 saturated carbocycles. The molecular weight excluding hydrogens is 384 g/mol. The number of aryl methyl sites for hydroxylation is 2. The fourth-order valence-electron chi connectivity index (χ4n) is 3.76. The molecule has 150 valence electrons. The zero-order valence-corrected chi connectivity index (χ0v) is 16.5. The standard InChI is InChI=1S/C22H18N4O4/c1-3-25-15-11-13-14(12-16(15)26(4-2)22(28)21(25)27)24-20(18-8-6-10-30-18)19(23-13)17-7-5-9-29-17/h5-12H,3-4H2,1-2H3. The molecule has 0 aliphatic heterocycles. The lowest BCUT2D eigenvalue weighted by Crippen LogP contribution is -2.41. The summed E-state index contributed by atoms with van der Waals surface area (Å²) in [5.41, 5.74) is 2.45. The van der Waals surface area contributed by atoms with Crippen LogP contribution >= 0.6 is 0 Å². The Morgan fingerprint density at radius 1 is 0.767 bits per heavy atom. The van der Waals surface area contributed by atoms with Crippen molar-refractivity contribution < 1.29 is 8.83 Å². The van der Waals surface area contributed by atoms with E-state index in [4.69, 9.17) is 18.8 Å².